The van der Waals surface area contributed by atoms with E-state index in [0.29, 0.717) is 17.3 Å². The van der Waals surface area contributed by atoms with E-state index in [1.807, 2.05) is 41.0 Å². The number of ether oxygens (including phenoxy) is 1. The number of esters is 1. The second-order valence-corrected chi connectivity index (χ2v) is 6.45. The third-order valence-electron chi connectivity index (χ3n) is 4.30. The Kier molecular flexibility index (Phi) is 4.34. The van der Waals surface area contributed by atoms with Crippen LogP contribution in [-0.4, -0.2) is 27.3 Å². The fraction of sp³-hybridized carbons (Fsp3) is 0.211. The molecule has 26 heavy (non-hydrogen) atoms. The lowest BCUT2D eigenvalue weighted by molar-refractivity contribution is -0.142. The third kappa shape index (κ3) is 3.04. The van der Waals surface area contributed by atoms with Gasteiger partial charge in [-0.1, -0.05) is 29.8 Å². The Morgan fingerprint density at radius 2 is 1.96 bits per heavy atom. The molecule has 2 heterocycles. The molecule has 0 saturated heterocycles. The molecule has 2 aromatic carbocycles. The molecule has 6 nitrogen and oxygen atoms in total. The monoisotopic (exact) mass is 368 g/mol. The molecular formula is C19H17ClN4O2. The maximum absolute atomic E-state index is 11.2. The lowest BCUT2D eigenvalue weighted by atomic mass is 10.2. The fourth-order valence-corrected chi connectivity index (χ4v) is 3.33. The summed E-state index contributed by atoms with van der Waals surface area (Å²) in [7, 11) is 0. The summed E-state index contributed by atoms with van der Waals surface area (Å²) in [6.45, 7) is 2.20. The van der Waals surface area contributed by atoms with Gasteiger partial charge in [0.2, 0.25) is 0 Å². The number of fused-ring (bicyclic) bond motifs is 3. The highest BCUT2D eigenvalue weighted by Crippen LogP contribution is 2.36. The van der Waals surface area contributed by atoms with Crippen molar-refractivity contribution >= 4 is 28.9 Å². The summed E-state index contributed by atoms with van der Waals surface area (Å²) in [5, 5.41) is 9.18. The summed E-state index contributed by atoms with van der Waals surface area (Å²) in [4.78, 5) is 13.4. The van der Waals surface area contributed by atoms with Gasteiger partial charge in [-0.2, -0.15) is 0 Å². The minimum Gasteiger partial charge on any atom is -0.458 e. The average molecular weight is 369 g/mol. The molecule has 0 atom stereocenters. The van der Waals surface area contributed by atoms with Crippen molar-refractivity contribution in [2.75, 3.05) is 11.4 Å². The van der Waals surface area contributed by atoms with Crippen molar-refractivity contribution < 1.29 is 9.53 Å². The molecule has 0 amide bonds. The zero-order valence-electron chi connectivity index (χ0n) is 14.2. The number of carbonyl (C=O) groups is 1. The van der Waals surface area contributed by atoms with Crippen LogP contribution in [-0.2, 0) is 22.6 Å². The van der Waals surface area contributed by atoms with Gasteiger partial charge in [-0.05, 0) is 30.3 Å². The predicted molar refractivity (Wildman–Crippen MR) is 99.0 cm³/mol. The van der Waals surface area contributed by atoms with Gasteiger partial charge in [0.1, 0.15) is 5.82 Å². The smallest absolute Gasteiger partial charge is 0.303 e. The predicted octanol–water partition coefficient (Wildman–Crippen LogP) is 3.68. The van der Waals surface area contributed by atoms with Crippen LogP contribution in [0.3, 0.4) is 0 Å². The number of hydrogen-bond donors (Lipinski definition) is 0. The average Bonchev–Trinajstić information content (AvgIpc) is 2.97. The summed E-state index contributed by atoms with van der Waals surface area (Å²) in [5.74, 6) is 1.07. The molecule has 0 bridgehead atoms. The van der Waals surface area contributed by atoms with Crippen LogP contribution in [0.5, 0.6) is 0 Å². The van der Waals surface area contributed by atoms with Crippen molar-refractivity contribution in [1.82, 2.24) is 14.8 Å². The van der Waals surface area contributed by atoms with Crippen LogP contribution in [0.2, 0.25) is 5.02 Å². The summed E-state index contributed by atoms with van der Waals surface area (Å²) >= 11 is 6.29. The van der Waals surface area contributed by atoms with Crippen molar-refractivity contribution in [1.29, 1.82) is 0 Å². The van der Waals surface area contributed by atoms with E-state index in [4.69, 9.17) is 16.3 Å². The highest BCUT2D eigenvalue weighted by molar-refractivity contribution is 6.31. The Morgan fingerprint density at radius 3 is 2.73 bits per heavy atom. The second kappa shape index (κ2) is 6.80. The SMILES string of the molecule is CC(=O)OCc1nnc2n1-c1ccc(Cl)cc1N(c1ccccc1)CC2. The summed E-state index contributed by atoms with van der Waals surface area (Å²) < 4.78 is 7.10. The largest absolute Gasteiger partial charge is 0.458 e. The lowest BCUT2D eigenvalue weighted by Crippen LogP contribution is -2.19. The zero-order chi connectivity index (χ0) is 18.1. The van der Waals surface area contributed by atoms with Crippen molar-refractivity contribution in [3.8, 4) is 5.69 Å². The molecule has 0 unspecified atom stereocenters. The number of halogens is 1. The zero-order valence-corrected chi connectivity index (χ0v) is 15.0. The molecule has 1 aliphatic heterocycles. The number of carbonyl (C=O) groups excluding carboxylic acids is 1. The van der Waals surface area contributed by atoms with Gasteiger partial charge in [0.05, 0.1) is 11.4 Å². The number of benzene rings is 2. The van der Waals surface area contributed by atoms with Crippen LogP contribution >= 0.6 is 11.6 Å². The number of hydrogen-bond acceptors (Lipinski definition) is 5. The van der Waals surface area contributed by atoms with E-state index in [2.05, 4.69) is 27.2 Å². The number of aromatic nitrogens is 3. The molecule has 132 valence electrons. The Morgan fingerprint density at radius 1 is 1.15 bits per heavy atom. The van der Waals surface area contributed by atoms with Crippen LogP contribution in [0.4, 0.5) is 11.4 Å². The van der Waals surface area contributed by atoms with Gasteiger partial charge in [-0.3, -0.25) is 9.36 Å². The van der Waals surface area contributed by atoms with Gasteiger partial charge in [0.25, 0.3) is 0 Å². The van der Waals surface area contributed by atoms with Gasteiger partial charge >= 0.3 is 5.97 Å². The lowest BCUT2D eigenvalue weighted by Gasteiger charge is -2.25. The van der Waals surface area contributed by atoms with Crippen LogP contribution < -0.4 is 4.90 Å². The van der Waals surface area contributed by atoms with Crippen LogP contribution in [0.25, 0.3) is 5.69 Å². The highest BCUT2D eigenvalue weighted by atomic mass is 35.5. The van der Waals surface area contributed by atoms with Crippen molar-refractivity contribution in [3.63, 3.8) is 0 Å². The Labute approximate surface area is 156 Å². The number of rotatable bonds is 3. The quantitative estimate of drug-likeness (QED) is 0.660. The van der Waals surface area contributed by atoms with Crippen molar-refractivity contribution in [2.24, 2.45) is 0 Å². The maximum atomic E-state index is 11.2. The molecule has 1 aromatic heterocycles. The summed E-state index contributed by atoms with van der Waals surface area (Å²) in [5.41, 5.74) is 2.96. The molecule has 0 saturated carbocycles. The third-order valence-corrected chi connectivity index (χ3v) is 4.53. The van der Waals surface area contributed by atoms with Gasteiger partial charge in [0, 0.05) is 30.6 Å². The van der Waals surface area contributed by atoms with E-state index in [9.17, 15) is 4.79 Å². The normalized spacial score (nSPS) is 12.9. The molecule has 4 rings (SSSR count). The van der Waals surface area contributed by atoms with Crippen LogP contribution in [0.1, 0.15) is 18.6 Å². The first-order valence-electron chi connectivity index (χ1n) is 8.32. The fourth-order valence-electron chi connectivity index (χ4n) is 3.16. The number of anilines is 2. The van der Waals surface area contributed by atoms with Gasteiger partial charge in [-0.25, -0.2) is 0 Å². The van der Waals surface area contributed by atoms with Gasteiger partial charge in [0.15, 0.2) is 12.4 Å². The van der Waals surface area contributed by atoms with E-state index < -0.39 is 0 Å². The van der Waals surface area contributed by atoms with Gasteiger partial charge < -0.3 is 9.64 Å². The Balaban J connectivity index is 1.85. The molecule has 7 heteroatoms. The second-order valence-electron chi connectivity index (χ2n) is 6.02. The molecule has 0 radical (unpaired) electrons. The highest BCUT2D eigenvalue weighted by Gasteiger charge is 2.25. The van der Waals surface area contributed by atoms with Crippen LogP contribution in [0.15, 0.2) is 48.5 Å². The van der Waals surface area contributed by atoms with Crippen molar-refractivity contribution in [3.05, 3.63) is 65.2 Å². The molecular weight excluding hydrogens is 352 g/mol. The van der Waals surface area contributed by atoms with E-state index in [1.165, 1.54) is 6.92 Å². The maximum Gasteiger partial charge on any atom is 0.303 e. The Hall–Kier alpha value is -2.86. The molecule has 3 aromatic rings. The van der Waals surface area contributed by atoms with Crippen LogP contribution in [0, 0.1) is 0 Å². The molecule has 0 N–H and O–H groups in total. The van der Waals surface area contributed by atoms with E-state index in [0.717, 1.165) is 29.4 Å². The first-order chi connectivity index (χ1) is 12.6. The standard InChI is InChI=1S/C19H17ClN4O2/c1-13(25)26-12-19-22-21-18-9-10-23(15-5-3-2-4-6-15)17-11-14(20)7-8-16(17)24(18)19/h2-8,11H,9-10,12H2,1H3. The first kappa shape index (κ1) is 16.6. The molecule has 0 fully saturated rings. The van der Waals surface area contributed by atoms with Crippen molar-refractivity contribution in [2.45, 2.75) is 20.0 Å². The van der Waals surface area contributed by atoms with E-state index in [-0.39, 0.29) is 12.6 Å². The van der Waals surface area contributed by atoms with Gasteiger partial charge in [-0.15, -0.1) is 10.2 Å². The minimum absolute atomic E-state index is 0.0791. The number of nitrogens with zero attached hydrogens (tertiary/aromatic N) is 4. The first-order valence-corrected chi connectivity index (χ1v) is 8.70. The molecule has 1 aliphatic rings. The minimum atomic E-state index is -0.349. The summed E-state index contributed by atoms with van der Waals surface area (Å²) in [6, 6.07) is 15.9. The summed E-state index contributed by atoms with van der Waals surface area (Å²) in [6.07, 6.45) is 0.703. The molecule has 0 aliphatic carbocycles. The molecule has 0 spiro atoms. The topological polar surface area (TPSA) is 60.2 Å². The number of para-hydroxylation sites is 1. The van der Waals surface area contributed by atoms with E-state index in [1.54, 1.807) is 0 Å². The Bertz CT molecular complexity index is 955. The van der Waals surface area contributed by atoms with E-state index >= 15 is 0 Å².